The Bertz CT molecular complexity index is 1080. The van der Waals surface area contributed by atoms with E-state index >= 15 is 0 Å². The van der Waals surface area contributed by atoms with Gasteiger partial charge in [-0.2, -0.15) is 5.10 Å². The SMILES string of the molecule is Cc1cccc2c1N(C)C(=O)C2=NNC(=S)Nc1cccc(S(N)(=O)=O)c1. The molecule has 0 bridgehead atoms. The molecule has 0 unspecified atom stereocenters. The van der Waals surface area contributed by atoms with E-state index in [1.54, 1.807) is 13.1 Å². The van der Waals surface area contributed by atoms with E-state index in [2.05, 4.69) is 15.8 Å². The van der Waals surface area contributed by atoms with Crippen LogP contribution in [0.5, 0.6) is 0 Å². The Labute approximate surface area is 162 Å². The van der Waals surface area contributed by atoms with Crippen LogP contribution in [0.2, 0.25) is 0 Å². The summed E-state index contributed by atoms with van der Waals surface area (Å²) in [6, 6.07) is 11.5. The third-order valence-electron chi connectivity index (χ3n) is 4.03. The van der Waals surface area contributed by atoms with E-state index in [1.807, 2.05) is 25.1 Å². The lowest BCUT2D eigenvalue weighted by molar-refractivity contribution is -0.112. The largest absolute Gasteiger partial charge is 0.331 e. The fourth-order valence-electron chi connectivity index (χ4n) is 2.80. The summed E-state index contributed by atoms with van der Waals surface area (Å²) in [6.07, 6.45) is 0. The van der Waals surface area contributed by atoms with Crippen LogP contribution in [0.1, 0.15) is 11.1 Å². The minimum Gasteiger partial charge on any atom is -0.331 e. The maximum atomic E-state index is 12.5. The standard InChI is InChI=1S/C17H17N5O3S2/c1-10-5-3-8-13-14(16(23)22(2)15(10)13)20-21-17(26)19-11-6-4-7-12(9-11)27(18,24)25/h3-9H,1-2H3,(H2,18,24,25)(H2,19,21,26). The number of anilines is 2. The van der Waals surface area contributed by atoms with Crippen molar-refractivity contribution in [2.75, 3.05) is 17.3 Å². The van der Waals surface area contributed by atoms with Crippen LogP contribution in [0, 0.1) is 6.92 Å². The van der Waals surface area contributed by atoms with Crippen molar-refractivity contribution in [2.45, 2.75) is 11.8 Å². The number of nitrogens with one attached hydrogen (secondary N) is 2. The van der Waals surface area contributed by atoms with Gasteiger partial charge in [-0.25, -0.2) is 13.6 Å². The molecule has 3 rings (SSSR count). The number of carbonyl (C=O) groups is 1. The third-order valence-corrected chi connectivity index (χ3v) is 5.13. The number of benzene rings is 2. The highest BCUT2D eigenvalue weighted by atomic mass is 32.2. The molecule has 1 amide bonds. The van der Waals surface area contributed by atoms with Gasteiger partial charge in [0, 0.05) is 18.3 Å². The van der Waals surface area contributed by atoms with E-state index in [4.69, 9.17) is 17.4 Å². The molecular weight excluding hydrogens is 386 g/mol. The minimum absolute atomic E-state index is 0.0430. The van der Waals surface area contributed by atoms with Crippen LogP contribution in [0.25, 0.3) is 0 Å². The van der Waals surface area contributed by atoms with Crippen molar-refractivity contribution in [2.24, 2.45) is 10.2 Å². The number of likely N-dealkylation sites (N-methyl/N-ethyl adjacent to an activating group) is 1. The first-order chi connectivity index (χ1) is 12.7. The lowest BCUT2D eigenvalue weighted by Crippen LogP contribution is -2.30. The zero-order valence-electron chi connectivity index (χ0n) is 14.6. The van der Waals surface area contributed by atoms with Crippen LogP contribution >= 0.6 is 12.2 Å². The van der Waals surface area contributed by atoms with Crippen molar-refractivity contribution in [1.82, 2.24) is 5.43 Å². The van der Waals surface area contributed by atoms with Crippen molar-refractivity contribution >= 4 is 50.3 Å². The molecule has 8 nitrogen and oxygen atoms in total. The molecule has 27 heavy (non-hydrogen) atoms. The van der Waals surface area contributed by atoms with Gasteiger partial charge in [0.2, 0.25) is 10.0 Å². The van der Waals surface area contributed by atoms with E-state index < -0.39 is 10.0 Å². The van der Waals surface area contributed by atoms with Crippen molar-refractivity contribution in [3.05, 3.63) is 53.6 Å². The Morgan fingerprint density at radius 2 is 1.93 bits per heavy atom. The first-order valence-electron chi connectivity index (χ1n) is 7.84. The van der Waals surface area contributed by atoms with Gasteiger partial charge in [-0.05, 0) is 42.9 Å². The number of para-hydroxylation sites is 1. The van der Waals surface area contributed by atoms with E-state index in [-0.39, 0.29) is 21.6 Å². The van der Waals surface area contributed by atoms with Gasteiger partial charge in [-0.15, -0.1) is 0 Å². The average Bonchev–Trinajstić information content (AvgIpc) is 2.84. The molecule has 0 aliphatic carbocycles. The van der Waals surface area contributed by atoms with Crippen LogP contribution in [0.4, 0.5) is 11.4 Å². The number of sulfonamides is 1. The molecular formula is C17H17N5O3S2. The molecule has 1 aliphatic heterocycles. The highest BCUT2D eigenvalue weighted by Gasteiger charge is 2.32. The molecule has 0 fully saturated rings. The number of nitrogens with zero attached hydrogens (tertiary/aromatic N) is 2. The number of primary sulfonamides is 1. The lowest BCUT2D eigenvalue weighted by atomic mass is 10.1. The molecule has 140 valence electrons. The fourth-order valence-corrected chi connectivity index (χ4v) is 3.52. The molecule has 0 saturated carbocycles. The van der Waals surface area contributed by atoms with Crippen LogP contribution < -0.4 is 20.8 Å². The Hall–Kier alpha value is -2.82. The van der Waals surface area contributed by atoms with E-state index in [9.17, 15) is 13.2 Å². The van der Waals surface area contributed by atoms with Gasteiger partial charge >= 0.3 is 0 Å². The summed E-state index contributed by atoms with van der Waals surface area (Å²) >= 11 is 5.16. The summed E-state index contributed by atoms with van der Waals surface area (Å²) in [5.74, 6) is -0.245. The van der Waals surface area contributed by atoms with Crippen LogP contribution in [-0.2, 0) is 14.8 Å². The second-order valence-corrected chi connectivity index (χ2v) is 7.90. The van der Waals surface area contributed by atoms with Crippen LogP contribution in [0.15, 0.2) is 52.5 Å². The van der Waals surface area contributed by atoms with Gasteiger partial charge in [0.05, 0.1) is 10.6 Å². The van der Waals surface area contributed by atoms with E-state index in [0.29, 0.717) is 11.3 Å². The maximum Gasteiger partial charge on any atom is 0.279 e. The van der Waals surface area contributed by atoms with Crippen LogP contribution in [-0.4, -0.2) is 32.2 Å². The highest BCUT2D eigenvalue weighted by Crippen LogP contribution is 2.31. The molecule has 1 heterocycles. The smallest absolute Gasteiger partial charge is 0.279 e. The molecule has 0 spiro atoms. The summed E-state index contributed by atoms with van der Waals surface area (Å²) in [7, 11) is -2.13. The third kappa shape index (κ3) is 3.82. The molecule has 0 aromatic heterocycles. The number of carbonyl (C=O) groups excluding carboxylic acids is 1. The molecule has 2 aromatic rings. The summed E-state index contributed by atoms with van der Waals surface area (Å²) in [6.45, 7) is 1.92. The summed E-state index contributed by atoms with van der Waals surface area (Å²) in [5, 5.41) is 12.2. The summed E-state index contributed by atoms with van der Waals surface area (Å²) in [5.41, 5.74) is 5.78. The summed E-state index contributed by atoms with van der Waals surface area (Å²) in [4.78, 5) is 13.9. The second kappa shape index (κ2) is 7.06. The average molecular weight is 403 g/mol. The van der Waals surface area contributed by atoms with Gasteiger partial charge in [-0.3, -0.25) is 10.2 Å². The van der Waals surface area contributed by atoms with Crippen LogP contribution in [0.3, 0.4) is 0 Å². The Balaban J connectivity index is 1.79. The normalized spacial score (nSPS) is 15.0. The predicted molar refractivity (Wildman–Crippen MR) is 108 cm³/mol. The predicted octanol–water partition coefficient (Wildman–Crippen LogP) is 1.31. The Morgan fingerprint density at radius 3 is 2.63 bits per heavy atom. The summed E-state index contributed by atoms with van der Waals surface area (Å²) < 4.78 is 22.8. The number of amides is 1. The van der Waals surface area contributed by atoms with Crippen molar-refractivity contribution in [3.8, 4) is 0 Å². The first kappa shape index (κ1) is 19.0. The van der Waals surface area contributed by atoms with Gasteiger partial charge < -0.3 is 10.2 Å². The second-order valence-electron chi connectivity index (χ2n) is 5.93. The van der Waals surface area contributed by atoms with Gasteiger partial charge in [0.1, 0.15) is 0 Å². The van der Waals surface area contributed by atoms with E-state index in [0.717, 1.165) is 11.3 Å². The zero-order valence-corrected chi connectivity index (χ0v) is 16.2. The molecule has 0 atom stereocenters. The highest BCUT2D eigenvalue weighted by molar-refractivity contribution is 7.89. The van der Waals surface area contributed by atoms with Crippen molar-refractivity contribution < 1.29 is 13.2 Å². The quantitative estimate of drug-likeness (QED) is 0.525. The number of nitrogens with two attached hydrogens (primary N) is 1. The number of aryl methyl sites for hydroxylation is 1. The topological polar surface area (TPSA) is 117 Å². The van der Waals surface area contributed by atoms with E-state index in [1.165, 1.54) is 23.1 Å². The fraction of sp³-hybridized carbons (Fsp3) is 0.118. The number of hydrogen-bond acceptors (Lipinski definition) is 5. The van der Waals surface area contributed by atoms with Crippen molar-refractivity contribution in [3.63, 3.8) is 0 Å². The molecule has 0 saturated heterocycles. The molecule has 0 radical (unpaired) electrons. The lowest BCUT2D eigenvalue weighted by Gasteiger charge is -2.11. The van der Waals surface area contributed by atoms with Gasteiger partial charge in [0.15, 0.2) is 10.8 Å². The van der Waals surface area contributed by atoms with Gasteiger partial charge in [-0.1, -0.05) is 24.3 Å². The molecule has 2 aromatic carbocycles. The minimum atomic E-state index is -3.82. The molecule has 1 aliphatic rings. The number of fused-ring (bicyclic) bond motifs is 1. The maximum absolute atomic E-state index is 12.5. The monoisotopic (exact) mass is 403 g/mol. The molecule has 4 N–H and O–H groups in total. The number of rotatable bonds is 3. The Morgan fingerprint density at radius 1 is 1.22 bits per heavy atom. The first-order valence-corrected chi connectivity index (χ1v) is 9.79. The zero-order chi connectivity index (χ0) is 19.8. The van der Waals surface area contributed by atoms with Gasteiger partial charge in [0.25, 0.3) is 5.91 Å². The van der Waals surface area contributed by atoms with Crippen molar-refractivity contribution in [1.29, 1.82) is 0 Å². The number of hydrogen-bond donors (Lipinski definition) is 3. The number of hydrazone groups is 1. The Kier molecular flexibility index (Phi) is 4.96. The number of thiocarbonyl (C=S) groups is 1. The molecule has 10 heteroatoms.